The van der Waals surface area contributed by atoms with Crippen LogP contribution < -0.4 is 15.5 Å². The first-order valence-electron chi connectivity index (χ1n) is 9.51. The third-order valence-electron chi connectivity index (χ3n) is 5.54. The Balaban J connectivity index is 1.51. The van der Waals surface area contributed by atoms with Crippen molar-refractivity contribution < 1.29 is 4.74 Å². The average molecular weight is 418 g/mol. The van der Waals surface area contributed by atoms with Gasteiger partial charge in [0.25, 0.3) is 0 Å². The molecule has 0 amide bonds. The van der Waals surface area contributed by atoms with Crippen LogP contribution >= 0.6 is 23.2 Å². The van der Waals surface area contributed by atoms with Crippen LogP contribution in [-0.4, -0.2) is 36.2 Å². The fraction of sp³-hybridized carbons (Fsp3) is 0.400. The summed E-state index contributed by atoms with van der Waals surface area (Å²) in [5, 5.41) is 7.63. The number of aromatic nitrogens is 2. The van der Waals surface area contributed by atoms with Crippen molar-refractivity contribution in [3.8, 4) is 0 Å². The predicted octanol–water partition coefficient (Wildman–Crippen LogP) is 4.43. The minimum atomic E-state index is 0.153. The van der Waals surface area contributed by atoms with E-state index >= 15 is 0 Å². The molecule has 1 aliphatic carbocycles. The number of nitrogens with one attached hydrogen (secondary N) is 2. The zero-order valence-corrected chi connectivity index (χ0v) is 17.0. The van der Waals surface area contributed by atoms with Gasteiger partial charge in [-0.3, -0.25) is 0 Å². The van der Waals surface area contributed by atoms with Crippen molar-refractivity contribution in [3.63, 3.8) is 0 Å². The summed E-state index contributed by atoms with van der Waals surface area (Å²) in [6, 6.07) is 6.72. The van der Waals surface area contributed by atoms with Crippen molar-refractivity contribution in [1.82, 2.24) is 15.3 Å². The lowest BCUT2D eigenvalue weighted by atomic mass is 10.0. The number of hydrogen-bond acceptors (Lipinski definition) is 6. The Bertz CT molecular complexity index is 960. The highest BCUT2D eigenvalue weighted by molar-refractivity contribution is 6.33. The van der Waals surface area contributed by atoms with E-state index in [1.807, 2.05) is 6.07 Å². The van der Waals surface area contributed by atoms with Gasteiger partial charge in [0.05, 0.1) is 25.0 Å². The molecule has 1 atom stereocenters. The molecule has 2 N–H and O–H groups in total. The molecule has 5 rings (SSSR count). The molecule has 0 unspecified atom stereocenters. The van der Waals surface area contributed by atoms with Crippen molar-refractivity contribution in [3.05, 3.63) is 46.0 Å². The molecule has 2 aromatic rings. The summed E-state index contributed by atoms with van der Waals surface area (Å²) >= 11 is 12.1. The van der Waals surface area contributed by atoms with Gasteiger partial charge in [-0.2, -0.15) is 4.98 Å². The summed E-state index contributed by atoms with van der Waals surface area (Å²) in [7, 11) is 2.09. The van der Waals surface area contributed by atoms with Crippen LogP contribution in [0.1, 0.15) is 24.8 Å². The van der Waals surface area contributed by atoms with Crippen molar-refractivity contribution in [2.45, 2.75) is 25.3 Å². The number of ether oxygens (including phenoxy) is 1. The molecule has 8 heteroatoms. The third-order valence-corrected chi connectivity index (χ3v) is 6.00. The molecule has 2 aliphatic heterocycles. The Kier molecular flexibility index (Phi) is 4.48. The molecule has 28 heavy (non-hydrogen) atoms. The van der Waals surface area contributed by atoms with Crippen molar-refractivity contribution >= 4 is 46.1 Å². The number of halogens is 2. The smallest absolute Gasteiger partial charge is 0.224 e. The lowest BCUT2D eigenvalue weighted by molar-refractivity contribution is 0.203. The molecule has 0 spiro atoms. The molecule has 3 aliphatic rings. The first-order valence-corrected chi connectivity index (χ1v) is 10.3. The van der Waals surface area contributed by atoms with E-state index in [1.54, 1.807) is 0 Å². The maximum atomic E-state index is 6.21. The largest absolute Gasteiger partial charge is 0.494 e. The maximum absolute atomic E-state index is 6.21. The topological polar surface area (TPSA) is 62.3 Å². The lowest BCUT2D eigenvalue weighted by Gasteiger charge is -2.32. The molecule has 1 aromatic carbocycles. The highest BCUT2D eigenvalue weighted by Gasteiger charge is 2.35. The molecule has 146 valence electrons. The average Bonchev–Trinajstić information content (AvgIpc) is 3.51. The normalized spacial score (nSPS) is 21.2. The second kappa shape index (κ2) is 7.01. The molecule has 0 bridgehead atoms. The van der Waals surface area contributed by atoms with E-state index in [0.29, 0.717) is 16.9 Å². The molecule has 1 saturated carbocycles. The first kappa shape index (κ1) is 17.9. The molecule has 0 radical (unpaired) electrons. The van der Waals surface area contributed by atoms with Gasteiger partial charge in [0.2, 0.25) is 5.28 Å². The van der Waals surface area contributed by atoms with Crippen LogP contribution in [0, 0.1) is 5.92 Å². The quantitative estimate of drug-likeness (QED) is 0.719. The van der Waals surface area contributed by atoms with Crippen LogP contribution in [0.4, 0.5) is 17.2 Å². The number of fused-ring (bicyclic) bond motifs is 2. The van der Waals surface area contributed by atoms with Crippen molar-refractivity contribution in [1.29, 1.82) is 0 Å². The zero-order chi connectivity index (χ0) is 19.3. The van der Waals surface area contributed by atoms with Gasteiger partial charge in [-0.05, 0) is 48.6 Å². The first-order chi connectivity index (χ1) is 13.6. The van der Waals surface area contributed by atoms with Gasteiger partial charge in [0.1, 0.15) is 10.8 Å². The number of hydrogen-bond donors (Lipinski definition) is 2. The van der Waals surface area contributed by atoms with Gasteiger partial charge in [-0.15, -0.1) is 0 Å². The minimum Gasteiger partial charge on any atom is -0.494 e. The standard InChI is InChI=1S/C20H21Cl2N5O/c1-27-10-17-18(25-15(6-7-28-17)11-2-3-11)13-8-12(4-5-16(13)27)24-19-14(21)9-23-20(22)26-19/h4-5,8-9,11,15,25H,2-3,6-7,10H2,1H3,(H,23,24,26)/t15-/m1/s1. The van der Waals surface area contributed by atoms with Crippen LogP contribution in [0.2, 0.25) is 10.3 Å². The number of likely N-dealkylation sites (N-methyl/N-ethyl adjacent to an activating group) is 1. The SMILES string of the molecule is CN1CC2=C(N[C@@H](C3CC3)CCO2)c2cc(Nc3nc(Cl)ncc3Cl)ccc21. The number of rotatable bonds is 3. The van der Waals surface area contributed by atoms with Gasteiger partial charge in [-0.25, -0.2) is 4.98 Å². The van der Waals surface area contributed by atoms with E-state index in [9.17, 15) is 0 Å². The van der Waals surface area contributed by atoms with Crippen molar-refractivity contribution in [2.75, 3.05) is 30.4 Å². The predicted molar refractivity (Wildman–Crippen MR) is 112 cm³/mol. The molecule has 0 saturated heterocycles. The van der Waals surface area contributed by atoms with Gasteiger partial charge in [0.15, 0.2) is 5.82 Å². The van der Waals surface area contributed by atoms with Crippen LogP contribution in [0.25, 0.3) is 5.70 Å². The Morgan fingerprint density at radius 2 is 2.11 bits per heavy atom. The fourth-order valence-electron chi connectivity index (χ4n) is 3.94. The second-order valence-corrected chi connectivity index (χ2v) is 8.32. The van der Waals surface area contributed by atoms with Crippen molar-refractivity contribution in [2.24, 2.45) is 5.92 Å². The second-order valence-electron chi connectivity index (χ2n) is 7.57. The summed E-state index contributed by atoms with van der Waals surface area (Å²) in [5.74, 6) is 2.26. The van der Waals surface area contributed by atoms with E-state index in [0.717, 1.165) is 48.2 Å². The minimum absolute atomic E-state index is 0.153. The van der Waals surface area contributed by atoms with Gasteiger partial charge in [0, 0.05) is 36.4 Å². The summed E-state index contributed by atoms with van der Waals surface area (Å²) in [6.07, 6.45) is 5.15. The van der Waals surface area contributed by atoms with Gasteiger partial charge < -0.3 is 20.3 Å². The van der Waals surface area contributed by atoms with Crippen LogP contribution in [-0.2, 0) is 4.74 Å². The Morgan fingerprint density at radius 3 is 2.93 bits per heavy atom. The highest BCUT2D eigenvalue weighted by atomic mass is 35.5. The van der Waals surface area contributed by atoms with E-state index in [2.05, 4.69) is 44.7 Å². The third kappa shape index (κ3) is 3.35. The Morgan fingerprint density at radius 1 is 1.25 bits per heavy atom. The van der Waals surface area contributed by atoms with Gasteiger partial charge >= 0.3 is 0 Å². The van der Waals surface area contributed by atoms with Crippen LogP contribution in [0.3, 0.4) is 0 Å². The molecule has 3 heterocycles. The van der Waals surface area contributed by atoms with E-state index in [-0.39, 0.29) is 5.28 Å². The van der Waals surface area contributed by atoms with Crippen LogP contribution in [0.5, 0.6) is 0 Å². The summed E-state index contributed by atoms with van der Waals surface area (Å²) in [5.41, 5.74) is 4.28. The molecular weight excluding hydrogens is 397 g/mol. The molecule has 6 nitrogen and oxygen atoms in total. The summed E-state index contributed by atoms with van der Waals surface area (Å²) < 4.78 is 6.13. The summed E-state index contributed by atoms with van der Waals surface area (Å²) in [4.78, 5) is 10.3. The lowest BCUT2D eigenvalue weighted by Crippen LogP contribution is -2.33. The fourth-order valence-corrected chi connectivity index (χ4v) is 4.21. The molecule has 1 fully saturated rings. The Labute approximate surface area is 173 Å². The number of nitrogens with zero attached hydrogens (tertiary/aromatic N) is 3. The van der Waals surface area contributed by atoms with Gasteiger partial charge in [-0.1, -0.05) is 11.6 Å². The van der Waals surface area contributed by atoms with E-state index < -0.39 is 0 Å². The van der Waals surface area contributed by atoms with E-state index in [1.165, 1.54) is 24.7 Å². The monoisotopic (exact) mass is 417 g/mol. The zero-order valence-electron chi connectivity index (χ0n) is 15.5. The van der Waals surface area contributed by atoms with Crippen LogP contribution in [0.15, 0.2) is 30.2 Å². The number of anilines is 3. The molecule has 1 aromatic heterocycles. The maximum Gasteiger partial charge on any atom is 0.224 e. The highest BCUT2D eigenvalue weighted by Crippen LogP contribution is 2.41. The Hall–Kier alpha value is -2.18. The van der Waals surface area contributed by atoms with E-state index in [4.69, 9.17) is 27.9 Å². The summed E-state index contributed by atoms with van der Waals surface area (Å²) in [6.45, 7) is 1.54. The number of benzene rings is 1. The molecular formula is C20H21Cl2N5O.